The maximum atomic E-state index is 11.7. The van der Waals surface area contributed by atoms with Gasteiger partial charge >= 0.3 is 6.03 Å². The summed E-state index contributed by atoms with van der Waals surface area (Å²) in [5, 5.41) is 3.20. The fourth-order valence-electron chi connectivity index (χ4n) is 1.23. The Morgan fingerprint density at radius 3 is 2.24 bits per heavy atom. The van der Waals surface area contributed by atoms with Crippen LogP contribution in [0.2, 0.25) is 5.02 Å². The SMILES string of the molecule is CC(C)C(=O)N(C)C(=O)Nc1ccc(Cl)cc1. The molecule has 92 valence electrons. The molecule has 1 aromatic carbocycles. The summed E-state index contributed by atoms with van der Waals surface area (Å²) in [6.45, 7) is 3.49. The molecule has 1 rings (SSSR count). The van der Waals surface area contributed by atoms with Crippen molar-refractivity contribution in [1.29, 1.82) is 0 Å². The summed E-state index contributed by atoms with van der Waals surface area (Å²) in [6, 6.07) is 6.23. The smallest absolute Gasteiger partial charge is 0.307 e. The summed E-state index contributed by atoms with van der Waals surface area (Å²) in [5.74, 6) is -0.438. The van der Waals surface area contributed by atoms with Crippen molar-refractivity contribution in [1.82, 2.24) is 4.90 Å². The third kappa shape index (κ3) is 3.75. The van der Waals surface area contributed by atoms with Crippen LogP contribution in [0.5, 0.6) is 0 Å². The van der Waals surface area contributed by atoms with Gasteiger partial charge < -0.3 is 5.32 Å². The zero-order valence-electron chi connectivity index (χ0n) is 10.0. The number of halogens is 1. The van der Waals surface area contributed by atoms with E-state index in [2.05, 4.69) is 5.32 Å². The van der Waals surface area contributed by atoms with Gasteiger partial charge in [0.05, 0.1) is 0 Å². The summed E-state index contributed by atoms with van der Waals surface area (Å²) in [7, 11) is 1.45. The van der Waals surface area contributed by atoms with Crippen LogP contribution in [0.4, 0.5) is 10.5 Å². The average Bonchev–Trinajstić information content (AvgIpc) is 2.30. The van der Waals surface area contributed by atoms with Gasteiger partial charge in [-0.3, -0.25) is 9.69 Å². The normalized spacial score (nSPS) is 10.2. The lowest BCUT2D eigenvalue weighted by molar-refractivity contribution is -0.130. The first-order valence-corrected chi connectivity index (χ1v) is 5.63. The molecule has 0 spiro atoms. The van der Waals surface area contributed by atoms with Crippen LogP contribution in [-0.2, 0) is 4.79 Å². The first-order valence-electron chi connectivity index (χ1n) is 5.26. The van der Waals surface area contributed by atoms with Gasteiger partial charge in [-0.1, -0.05) is 25.4 Å². The maximum absolute atomic E-state index is 11.7. The number of benzene rings is 1. The molecule has 1 aromatic rings. The van der Waals surface area contributed by atoms with Crippen LogP contribution in [0.25, 0.3) is 0 Å². The van der Waals surface area contributed by atoms with Crippen molar-refractivity contribution in [3.63, 3.8) is 0 Å². The second kappa shape index (κ2) is 5.68. The van der Waals surface area contributed by atoms with Crippen LogP contribution in [0.1, 0.15) is 13.8 Å². The number of nitrogens with one attached hydrogen (secondary N) is 1. The molecule has 0 unspecified atom stereocenters. The largest absolute Gasteiger partial charge is 0.328 e. The molecule has 0 aliphatic carbocycles. The fourth-order valence-corrected chi connectivity index (χ4v) is 1.35. The standard InChI is InChI=1S/C12H15ClN2O2/c1-8(2)11(16)15(3)12(17)14-10-6-4-9(13)5-7-10/h4-8H,1-3H3,(H,14,17). The number of imide groups is 1. The minimum atomic E-state index is -0.453. The number of carbonyl (C=O) groups is 2. The molecule has 0 saturated carbocycles. The molecule has 1 N–H and O–H groups in total. The van der Waals surface area contributed by atoms with Crippen LogP contribution < -0.4 is 5.32 Å². The molecule has 0 bridgehead atoms. The third-order valence-corrected chi connectivity index (χ3v) is 2.48. The number of hydrogen-bond donors (Lipinski definition) is 1. The van der Waals surface area contributed by atoms with E-state index in [0.29, 0.717) is 10.7 Å². The summed E-state index contributed by atoms with van der Waals surface area (Å²) in [5.41, 5.74) is 0.600. The highest BCUT2D eigenvalue weighted by molar-refractivity contribution is 6.30. The quantitative estimate of drug-likeness (QED) is 0.882. The number of urea groups is 1. The molecule has 0 saturated heterocycles. The Hall–Kier alpha value is -1.55. The molecular weight excluding hydrogens is 240 g/mol. The van der Waals surface area contributed by atoms with E-state index >= 15 is 0 Å². The second-order valence-corrected chi connectivity index (χ2v) is 4.43. The van der Waals surface area contributed by atoms with E-state index in [0.717, 1.165) is 4.90 Å². The lowest BCUT2D eigenvalue weighted by Crippen LogP contribution is -2.38. The van der Waals surface area contributed by atoms with Crippen LogP contribution in [0.15, 0.2) is 24.3 Å². The van der Waals surface area contributed by atoms with Crippen molar-refractivity contribution in [3.8, 4) is 0 Å². The van der Waals surface area contributed by atoms with E-state index in [-0.39, 0.29) is 11.8 Å². The first-order chi connectivity index (χ1) is 7.91. The Morgan fingerprint density at radius 1 is 1.24 bits per heavy atom. The Balaban J connectivity index is 2.66. The van der Waals surface area contributed by atoms with E-state index in [1.165, 1.54) is 7.05 Å². The van der Waals surface area contributed by atoms with E-state index in [4.69, 9.17) is 11.6 Å². The second-order valence-electron chi connectivity index (χ2n) is 3.99. The van der Waals surface area contributed by atoms with E-state index in [1.807, 2.05) is 0 Å². The van der Waals surface area contributed by atoms with Gasteiger partial charge in [0.15, 0.2) is 0 Å². The number of anilines is 1. The highest BCUT2D eigenvalue weighted by Gasteiger charge is 2.19. The predicted molar refractivity (Wildman–Crippen MR) is 68.1 cm³/mol. The summed E-state index contributed by atoms with van der Waals surface area (Å²) < 4.78 is 0. The summed E-state index contributed by atoms with van der Waals surface area (Å²) in [6.07, 6.45) is 0. The van der Waals surface area contributed by atoms with Crippen molar-refractivity contribution in [2.45, 2.75) is 13.8 Å². The number of carbonyl (C=O) groups excluding carboxylic acids is 2. The number of hydrogen-bond acceptors (Lipinski definition) is 2. The number of nitrogens with zero attached hydrogens (tertiary/aromatic N) is 1. The molecule has 0 aromatic heterocycles. The Morgan fingerprint density at radius 2 is 1.76 bits per heavy atom. The van der Waals surface area contributed by atoms with Gasteiger partial charge in [0, 0.05) is 23.7 Å². The van der Waals surface area contributed by atoms with Crippen molar-refractivity contribution >= 4 is 29.2 Å². The van der Waals surface area contributed by atoms with Gasteiger partial charge in [-0.15, -0.1) is 0 Å². The maximum Gasteiger partial charge on any atom is 0.328 e. The van der Waals surface area contributed by atoms with Gasteiger partial charge in [0.1, 0.15) is 0 Å². The van der Waals surface area contributed by atoms with Gasteiger partial charge in [-0.2, -0.15) is 0 Å². The molecular formula is C12H15ClN2O2. The minimum Gasteiger partial charge on any atom is -0.307 e. The van der Waals surface area contributed by atoms with Crippen LogP contribution in [0, 0.1) is 5.92 Å². The molecule has 0 radical (unpaired) electrons. The van der Waals surface area contributed by atoms with Crippen molar-refractivity contribution in [3.05, 3.63) is 29.3 Å². The van der Waals surface area contributed by atoms with E-state index in [1.54, 1.807) is 38.1 Å². The molecule has 17 heavy (non-hydrogen) atoms. The first kappa shape index (κ1) is 13.5. The van der Waals surface area contributed by atoms with Gasteiger partial charge in [-0.25, -0.2) is 4.79 Å². The Kier molecular flexibility index (Phi) is 4.52. The van der Waals surface area contributed by atoms with Crippen molar-refractivity contribution in [2.24, 2.45) is 5.92 Å². The topological polar surface area (TPSA) is 49.4 Å². The molecule has 0 atom stereocenters. The van der Waals surface area contributed by atoms with Crippen LogP contribution in [-0.4, -0.2) is 23.9 Å². The average molecular weight is 255 g/mol. The van der Waals surface area contributed by atoms with Crippen molar-refractivity contribution in [2.75, 3.05) is 12.4 Å². The van der Waals surface area contributed by atoms with Crippen molar-refractivity contribution < 1.29 is 9.59 Å². The highest BCUT2D eigenvalue weighted by atomic mass is 35.5. The zero-order valence-corrected chi connectivity index (χ0v) is 10.8. The Labute approximate surface area is 106 Å². The molecule has 3 amide bonds. The monoisotopic (exact) mass is 254 g/mol. The van der Waals surface area contributed by atoms with Gasteiger partial charge in [0.25, 0.3) is 0 Å². The minimum absolute atomic E-state index is 0.212. The van der Waals surface area contributed by atoms with Gasteiger partial charge in [-0.05, 0) is 24.3 Å². The summed E-state index contributed by atoms with van der Waals surface area (Å²) in [4.78, 5) is 24.3. The predicted octanol–water partition coefficient (Wildman–Crippen LogP) is 2.99. The lowest BCUT2D eigenvalue weighted by atomic mass is 10.2. The molecule has 0 heterocycles. The molecule has 4 nitrogen and oxygen atoms in total. The third-order valence-electron chi connectivity index (χ3n) is 2.22. The Bertz CT molecular complexity index is 415. The van der Waals surface area contributed by atoms with Crippen LogP contribution in [0.3, 0.4) is 0 Å². The lowest BCUT2D eigenvalue weighted by Gasteiger charge is -2.18. The highest BCUT2D eigenvalue weighted by Crippen LogP contribution is 2.14. The van der Waals surface area contributed by atoms with Gasteiger partial charge in [0.2, 0.25) is 5.91 Å². The molecule has 0 aliphatic heterocycles. The van der Waals surface area contributed by atoms with E-state index in [9.17, 15) is 9.59 Å². The van der Waals surface area contributed by atoms with Crippen LogP contribution >= 0.6 is 11.6 Å². The van der Waals surface area contributed by atoms with E-state index < -0.39 is 6.03 Å². The number of rotatable bonds is 2. The summed E-state index contributed by atoms with van der Waals surface area (Å²) >= 11 is 5.73. The molecule has 0 aliphatic rings. The fraction of sp³-hybridized carbons (Fsp3) is 0.333. The molecule has 0 fully saturated rings. The number of amides is 3. The molecule has 5 heteroatoms. The zero-order chi connectivity index (χ0) is 13.0.